The third-order valence-electron chi connectivity index (χ3n) is 4.00. The van der Waals surface area contributed by atoms with Gasteiger partial charge in [-0.3, -0.25) is 10.1 Å². The van der Waals surface area contributed by atoms with Crippen LogP contribution in [0.5, 0.6) is 0 Å². The molecule has 1 unspecified atom stereocenters. The van der Waals surface area contributed by atoms with Gasteiger partial charge in [-0.2, -0.15) is 0 Å². The second-order valence-electron chi connectivity index (χ2n) is 5.57. The molecule has 1 fully saturated rings. The molecule has 1 saturated heterocycles. The van der Waals surface area contributed by atoms with E-state index in [0.717, 1.165) is 25.9 Å². The van der Waals surface area contributed by atoms with Crippen LogP contribution >= 0.6 is 0 Å². The fourth-order valence-electron chi connectivity index (χ4n) is 2.91. The molecule has 0 spiro atoms. The maximum Gasteiger partial charge on any atom is 0.292 e. The molecule has 1 heterocycles. The number of anilines is 1. The van der Waals surface area contributed by atoms with Crippen molar-refractivity contribution in [2.75, 3.05) is 18.0 Å². The number of nitro benzene ring substituents is 1. The highest BCUT2D eigenvalue weighted by atomic mass is 16.6. The summed E-state index contributed by atoms with van der Waals surface area (Å²) in [7, 11) is 0. The zero-order chi connectivity index (χ0) is 14.7. The van der Waals surface area contributed by atoms with Crippen molar-refractivity contribution in [2.45, 2.75) is 39.2 Å². The van der Waals surface area contributed by atoms with E-state index in [9.17, 15) is 15.2 Å². The van der Waals surface area contributed by atoms with Gasteiger partial charge in [0.25, 0.3) is 5.69 Å². The van der Waals surface area contributed by atoms with Gasteiger partial charge in [0.2, 0.25) is 0 Å². The van der Waals surface area contributed by atoms with Gasteiger partial charge in [0.15, 0.2) is 0 Å². The first-order valence-electron chi connectivity index (χ1n) is 7.24. The minimum Gasteiger partial charge on any atom is -0.389 e. The van der Waals surface area contributed by atoms with Gasteiger partial charge in [0.1, 0.15) is 5.69 Å². The quantitative estimate of drug-likeness (QED) is 0.663. The topological polar surface area (TPSA) is 66.6 Å². The van der Waals surface area contributed by atoms with Crippen molar-refractivity contribution in [3.8, 4) is 0 Å². The smallest absolute Gasteiger partial charge is 0.292 e. The van der Waals surface area contributed by atoms with Crippen molar-refractivity contribution in [3.05, 3.63) is 33.9 Å². The average Bonchev–Trinajstić information content (AvgIpc) is 2.86. The molecule has 2 rings (SSSR count). The summed E-state index contributed by atoms with van der Waals surface area (Å²) in [6.45, 7) is 5.55. The van der Waals surface area contributed by atoms with Gasteiger partial charge >= 0.3 is 0 Å². The summed E-state index contributed by atoms with van der Waals surface area (Å²) in [4.78, 5) is 13.0. The molecule has 1 aliphatic heterocycles. The Bertz CT molecular complexity index is 488. The summed E-state index contributed by atoms with van der Waals surface area (Å²) in [5.41, 5.74) is 1.36. The lowest BCUT2D eigenvalue weighted by molar-refractivity contribution is -0.384. The monoisotopic (exact) mass is 278 g/mol. The van der Waals surface area contributed by atoms with E-state index in [1.165, 1.54) is 12.5 Å². The molecule has 1 aliphatic rings. The third-order valence-corrected chi connectivity index (χ3v) is 4.00. The van der Waals surface area contributed by atoms with Gasteiger partial charge in [-0.1, -0.05) is 19.4 Å². The number of aliphatic hydroxyl groups is 1. The van der Waals surface area contributed by atoms with Crippen molar-refractivity contribution in [2.24, 2.45) is 5.92 Å². The average molecular weight is 278 g/mol. The van der Waals surface area contributed by atoms with E-state index in [0.29, 0.717) is 17.2 Å². The second kappa shape index (κ2) is 6.22. The first-order valence-corrected chi connectivity index (χ1v) is 7.24. The first-order chi connectivity index (χ1) is 9.52. The fraction of sp³-hybridized carbons (Fsp3) is 0.600. The minimum absolute atomic E-state index is 0.0977. The molecule has 2 atom stereocenters. The molecule has 1 aromatic carbocycles. The Hall–Kier alpha value is -1.62. The molecule has 110 valence electrons. The highest BCUT2D eigenvalue weighted by molar-refractivity contribution is 5.65. The molecule has 0 radical (unpaired) electrons. The lowest BCUT2D eigenvalue weighted by Gasteiger charge is -2.19. The summed E-state index contributed by atoms with van der Waals surface area (Å²) in [5, 5.41) is 20.8. The van der Waals surface area contributed by atoms with E-state index < -0.39 is 6.10 Å². The minimum atomic E-state index is -0.686. The molecule has 5 nitrogen and oxygen atoms in total. The van der Waals surface area contributed by atoms with E-state index in [4.69, 9.17) is 0 Å². The van der Waals surface area contributed by atoms with E-state index in [-0.39, 0.29) is 10.6 Å². The maximum absolute atomic E-state index is 11.3. The number of aliphatic hydroxyl groups excluding tert-OH is 1. The molecule has 0 bridgehead atoms. The predicted octanol–water partition coefficient (Wildman–Crippen LogP) is 3.27. The van der Waals surface area contributed by atoms with Crippen LogP contribution in [-0.4, -0.2) is 23.1 Å². The van der Waals surface area contributed by atoms with Crippen molar-refractivity contribution in [1.82, 2.24) is 0 Å². The summed E-state index contributed by atoms with van der Waals surface area (Å²) in [5.74, 6) is 0.635. The Morgan fingerprint density at radius 2 is 2.30 bits per heavy atom. The summed E-state index contributed by atoms with van der Waals surface area (Å²) >= 11 is 0. The Morgan fingerprint density at radius 3 is 2.90 bits per heavy atom. The van der Waals surface area contributed by atoms with Crippen LogP contribution in [0.15, 0.2) is 18.2 Å². The fourth-order valence-corrected chi connectivity index (χ4v) is 2.91. The van der Waals surface area contributed by atoms with Crippen LogP contribution in [-0.2, 0) is 0 Å². The molecule has 5 heteroatoms. The molecule has 0 amide bonds. The number of rotatable bonds is 5. The summed E-state index contributed by atoms with van der Waals surface area (Å²) < 4.78 is 0. The number of hydrogen-bond acceptors (Lipinski definition) is 4. The molecule has 20 heavy (non-hydrogen) atoms. The van der Waals surface area contributed by atoms with E-state index in [1.807, 2.05) is 0 Å². The van der Waals surface area contributed by atoms with E-state index >= 15 is 0 Å². The molecule has 0 aliphatic carbocycles. The molecular formula is C15H22N2O3. The predicted molar refractivity (Wildman–Crippen MR) is 79.0 cm³/mol. The standard InChI is InChI=1S/C15H22N2O3/c1-3-4-12-7-8-16(10-12)14-6-5-13(11(2)18)9-15(14)17(19)20/h5-6,9,11-12,18H,3-4,7-8,10H2,1-2H3/t11-,12?/m0/s1. The zero-order valence-corrected chi connectivity index (χ0v) is 12.1. The Kier molecular flexibility index (Phi) is 4.60. The number of hydrogen-bond donors (Lipinski definition) is 1. The van der Waals surface area contributed by atoms with Gasteiger partial charge in [0, 0.05) is 19.2 Å². The van der Waals surface area contributed by atoms with Crippen LogP contribution < -0.4 is 4.90 Å². The van der Waals surface area contributed by atoms with Gasteiger partial charge < -0.3 is 10.0 Å². The lowest BCUT2D eigenvalue weighted by Crippen LogP contribution is -2.20. The van der Waals surface area contributed by atoms with E-state index in [2.05, 4.69) is 11.8 Å². The van der Waals surface area contributed by atoms with Crippen LogP contribution in [0.25, 0.3) is 0 Å². The largest absolute Gasteiger partial charge is 0.389 e. The van der Waals surface area contributed by atoms with Crippen molar-refractivity contribution >= 4 is 11.4 Å². The Morgan fingerprint density at radius 1 is 1.55 bits per heavy atom. The molecule has 0 saturated carbocycles. The third kappa shape index (κ3) is 3.10. The second-order valence-corrected chi connectivity index (χ2v) is 5.57. The SMILES string of the molecule is CCCC1CCN(c2ccc([C@H](C)O)cc2[N+](=O)[O-])C1. The van der Waals surface area contributed by atoms with Crippen molar-refractivity contribution < 1.29 is 10.0 Å². The molecular weight excluding hydrogens is 256 g/mol. The summed E-state index contributed by atoms with van der Waals surface area (Å²) in [6.07, 6.45) is 2.75. The van der Waals surface area contributed by atoms with Gasteiger partial charge in [-0.05, 0) is 37.3 Å². The Labute approximate surface area is 119 Å². The van der Waals surface area contributed by atoms with Crippen LogP contribution in [0.1, 0.15) is 44.8 Å². The van der Waals surface area contributed by atoms with Gasteiger partial charge in [-0.25, -0.2) is 0 Å². The highest BCUT2D eigenvalue weighted by Crippen LogP contribution is 2.35. The Balaban J connectivity index is 2.25. The lowest BCUT2D eigenvalue weighted by atomic mass is 10.0. The summed E-state index contributed by atoms with van der Waals surface area (Å²) in [6, 6.07) is 5.04. The van der Waals surface area contributed by atoms with Crippen LogP contribution in [0.3, 0.4) is 0 Å². The van der Waals surface area contributed by atoms with Crippen molar-refractivity contribution in [1.29, 1.82) is 0 Å². The van der Waals surface area contributed by atoms with Crippen LogP contribution in [0.4, 0.5) is 11.4 Å². The van der Waals surface area contributed by atoms with E-state index in [1.54, 1.807) is 19.1 Å². The number of nitro groups is 1. The van der Waals surface area contributed by atoms with Crippen molar-refractivity contribution in [3.63, 3.8) is 0 Å². The zero-order valence-electron chi connectivity index (χ0n) is 12.1. The first kappa shape index (κ1) is 14.8. The molecule has 0 aromatic heterocycles. The number of benzene rings is 1. The molecule has 1 aromatic rings. The van der Waals surface area contributed by atoms with Gasteiger partial charge in [-0.15, -0.1) is 0 Å². The maximum atomic E-state index is 11.3. The normalized spacial score (nSPS) is 20.1. The van der Waals surface area contributed by atoms with Gasteiger partial charge in [0.05, 0.1) is 11.0 Å². The molecule has 1 N–H and O–H groups in total. The number of nitrogens with zero attached hydrogens (tertiary/aromatic N) is 2. The highest BCUT2D eigenvalue weighted by Gasteiger charge is 2.27. The van der Waals surface area contributed by atoms with Crippen LogP contribution in [0.2, 0.25) is 0 Å². The van der Waals surface area contributed by atoms with Crippen LogP contribution in [0, 0.1) is 16.0 Å².